The van der Waals surface area contributed by atoms with Crippen LogP contribution in [0.25, 0.3) is 0 Å². The van der Waals surface area contributed by atoms with E-state index >= 15 is 0 Å². The Hall–Kier alpha value is -1.88. The van der Waals surface area contributed by atoms with Crippen LogP contribution in [0.4, 0.5) is 4.79 Å². The predicted octanol–water partition coefficient (Wildman–Crippen LogP) is 1.03. The Morgan fingerprint density at radius 1 is 1.09 bits per heavy atom. The highest BCUT2D eigenvalue weighted by atomic mass is 16.2. The third kappa shape index (κ3) is 4.56. The molecule has 0 unspecified atom stereocenters. The van der Waals surface area contributed by atoms with E-state index < -0.39 is 6.03 Å². The van der Waals surface area contributed by atoms with Gasteiger partial charge in [-0.3, -0.25) is 10.1 Å². The number of carbonyl (C=O) groups excluding carboxylic acids is 2. The van der Waals surface area contributed by atoms with Gasteiger partial charge in [-0.15, -0.1) is 0 Å². The van der Waals surface area contributed by atoms with Crippen molar-refractivity contribution in [2.75, 3.05) is 19.6 Å². The van der Waals surface area contributed by atoms with E-state index in [0.29, 0.717) is 6.54 Å². The van der Waals surface area contributed by atoms with Crippen molar-refractivity contribution >= 4 is 11.9 Å². The smallest absolute Gasteiger partial charge is 0.321 e. The molecule has 2 rings (SSSR count). The van der Waals surface area contributed by atoms with Gasteiger partial charge in [-0.25, -0.2) is 4.79 Å². The number of likely N-dealkylation sites (tertiary alicyclic amines) is 1. The van der Waals surface area contributed by atoms with Crippen LogP contribution in [-0.4, -0.2) is 31.6 Å². The lowest BCUT2D eigenvalue weighted by atomic mass is 10.0. The fourth-order valence-electron chi connectivity index (χ4n) is 3.08. The summed E-state index contributed by atoms with van der Waals surface area (Å²) in [5.74, 6) is -0.214. The zero-order valence-corrected chi connectivity index (χ0v) is 13.2. The molecule has 1 fully saturated rings. The average Bonchev–Trinajstić information content (AvgIpc) is 2.78. The molecule has 22 heavy (non-hydrogen) atoms. The maximum atomic E-state index is 12.6. The van der Waals surface area contributed by atoms with Crippen LogP contribution in [0, 0.1) is 0 Å². The fraction of sp³-hybridized carbons (Fsp3) is 0.529. The summed E-state index contributed by atoms with van der Waals surface area (Å²) in [5.41, 5.74) is 0.973. The largest absolute Gasteiger partial charge is 0.338 e. The molecule has 0 saturated carbocycles. The molecular formula is C17H26N3O2+. The number of nitrogens with one attached hydrogen (secondary N) is 3. The average molecular weight is 304 g/mol. The molecule has 3 amide bonds. The molecule has 0 aromatic heterocycles. The first-order valence-electron chi connectivity index (χ1n) is 8.20. The third-order valence-corrected chi connectivity index (χ3v) is 4.12. The first kappa shape index (κ1) is 16.5. The summed E-state index contributed by atoms with van der Waals surface area (Å²) in [4.78, 5) is 25.6. The molecule has 5 nitrogen and oxygen atoms in total. The zero-order chi connectivity index (χ0) is 15.8. The molecule has 1 aliphatic rings. The molecule has 0 spiro atoms. The normalized spacial score (nSPS) is 17.3. The van der Waals surface area contributed by atoms with Gasteiger partial charge in [-0.1, -0.05) is 30.3 Å². The molecule has 1 heterocycles. The number of hydrogen-bond acceptors (Lipinski definition) is 2. The Balaban J connectivity index is 2.17. The van der Waals surface area contributed by atoms with Gasteiger partial charge in [0.15, 0.2) is 6.04 Å². The summed E-state index contributed by atoms with van der Waals surface area (Å²) in [6, 6.07) is 9.04. The second kappa shape index (κ2) is 8.54. The quantitative estimate of drug-likeness (QED) is 0.778. The fourth-order valence-corrected chi connectivity index (χ4v) is 3.08. The SMILES string of the molecule is CCNC(=O)NC(=O)[C@H](c1ccccc1)[NH+]1CCCCCC1. The Bertz CT molecular complexity index is 482. The van der Waals surface area contributed by atoms with Crippen LogP contribution in [0.2, 0.25) is 0 Å². The number of benzene rings is 1. The van der Waals surface area contributed by atoms with Crippen molar-refractivity contribution < 1.29 is 14.5 Å². The number of imide groups is 1. The van der Waals surface area contributed by atoms with Gasteiger partial charge in [0.25, 0.3) is 5.91 Å². The molecule has 5 heteroatoms. The number of amides is 3. The molecule has 0 aliphatic carbocycles. The van der Waals surface area contributed by atoms with Crippen LogP contribution in [0.3, 0.4) is 0 Å². The molecule has 0 bridgehead atoms. The maximum Gasteiger partial charge on any atom is 0.321 e. The third-order valence-electron chi connectivity index (χ3n) is 4.12. The Morgan fingerprint density at radius 2 is 1.73 bits per heavy atom. The number of hydrogen-bond donors (Lipinski definition) is 3. The molecule has 1 aromatic carbocycles. The summed E-state index contributed by atoms with van der Waals surface area (Å²) in [7, 11) is 0. The van der Waals surface area contributed by atoms with Crippen LogP contribution in [-0.2, 0) is 4.79 Å². The summed E-state index contributed by atoms with van der Waals surface area (Å²) in [5, 5.41) is 5.11. The van der Waals surface area contributed by atoms with Crippen molar-refractivity contribution in [2.24, 2.45) is 0 Å². The lowest BCUT2D eigenvalue weighted by molar-refractivity contribution is -0.921. The second-order valence-electron chi connectivity index (χ2n) is 5.76. The number of quaternary nitrogens is 1. The highest BCUT2D eigenvalue weighted by Gasteiger charge is 2.32. The van der Waals surface area contributed by atoms with Gasteiger partial charge < -0.3 is 10.2 Å². The predicted molar refractivity (Wildman–Crippen MR) is 85.6 cm³/mol. The number of carbonyl (C=O) groups is 2. The van der Waals surface area contributed by atoms with Crippen molar-refractivity contribution in [2.45, 2.75) is 38.6 Å². The van der Waals surface area contributed by atoms with E-state index in [1.807, 2.05) is 37.3 Å². The highest BCUT2D eigenvalue weighted by molar-refractivity contribution is 5.96. The van der Waals surface area contributed by atoms with Crippen molar-refractivity contribution in [1.82, 2.24) is 10.6 Å². The summed E-state index contributed by atoms with van der Waals surface area (Å²) in [6.07, 6.45) is 4.71. The van der Waals surface area contributed by atoms with E-state index in [0.717, 1.165) is 31.5 Å². The molecule has 1 aliphatic heterocycles. The van der Waals surface area contributed by atoms with Crippen LogP contribution in [0.5, 0.6) is 0 Å². The first-order chi connectivity index (χ1) is 10.7. The Morgan fingerprint density at radius 3 is 2.32 bits per heavy atom. The number of rotatable bonds is 4. The van der Waals surface area contributed by atoms with Gasteiger partial charge in [0.2, 0.25) is 0 Å². The standard InChI is InChI=1S/C17H25N3O2/c1-2-18-17(22)19-16(21)15(14-10-6-5-7-11-14)20-12-8-3-4-9-13-20/h5-7,10-11,15H,2-4,8-9,12-13H2,1H3,(H2,18,19,21,22)/p+1/t15-/m0/s1. The van der Waals surface area contributed by atoms with E-state index in [1.165, 1.54) is 17.7 Å². The van der Waals surface area contributed by atoms with E-state index in [1.54, 1.807) is 0 Å². The van der Waals surface area contributed by atoms with Crippen LogP contribution < -0.4 is 15.5 Å². The molecule has 3 N–H and O–H groups in total. The minimum Gasteiger partial charge on any atom is -0.338 e. The summed E-state index contributed by atoms with van der Waals surface area (Å²) in [6.45, 7) is 4.29. The van der Waals surface area contributed by atoms with E-state index in [-0.39, 0.29) is 11.9 Å². The van der Waals surface area contributed by atoms with E-state index in [9.17, 15) is 9.59 Å². The van der Waals surface area contributed by atoms with E-state index in [2.05, 4.69) is 10.6 Å². The number of urea groups is 1. The summed E-state index contributed by atoms with van der Waals surface area (Å²) >= 11 is 0. The van der Waals surface area contributed by atoms with Gasteiger partial charge >= 0.3 is 6.03 Å². The zero-order valence-electron chi connectivity index (χ0n) is 13.2. The van der Waals surface area contributed by atoms with Gasteiger partial charge in [0, 0.05) is 12.1 Å². The molecule has 1 saturated heterocycles. The van der Waals surface area contributed by atoms with Gasteiger partial charge in [-0.05, 0) is 32.6 Å². The molecule has 1 atom stereocenters. The minimum atomic E-state index is -0.414. The van der Waals surface area contributed by atoms with Gasteiger partial charge in [-0.2, -0.15) is 0 Å². The Labute approximate surface area is 132 Å². The van der Waals surface area contributed by atoms with Gasteiger partial charge in [0.05, 0.1) is 13.1 Å². The van der Waals surface area contributed by atoms with Crippen molar-refractivity contribution in [3.63, 3.8) is 0 Å². The van der Waals surface area contributed by atoms with Crippen molar-refractivity contribution in [3.05, 3.63) is 35.9 Å². The first-order valence-corrected chi connectivity index (χ1v) is 8.20. The summed E-state index contributed by atoms with van der Waals surface area (Å²) < 4.78 is 0. The molecule has 120 valence electrons. The minimum absolute atomic E-state index is 0.214. The Kier molecular flexibility index (Phi) is 6.40. The molecule has 1 aromatic rings. The molecule has 0 radical (unpaired) electrons. The van der Waals surface area contributed by atoms with Crippen LogP contribution in [0.1, 0.15) is 44.2 Å². The van der Waals surface area contributed by atoms with Crippen molar-refractivity contribution in [3.8, 4) is 0 Å². The topological polar surface area (TPSA) is 62.6 Å². The van der Waals surface area contributed by atoms with Crippen molar-refractivity contribution in [1.29, 1.82) is 0 Å². The van der Waals surface area contributed by atoms with Crippen LogP contribution in [0.15, 0.2) is 30.3 Å². The highest BCUT2D eigenvalue weighted by Crippen LogP contribution is 2.11. The maximum absolute atomic E-state index is 12.6. The van der Waals surface area contributed by atoms with Crippen LogP contribution >= 0.6 is 0 Å². The molecular weight excluding hydrogens is 278 g/mol. The van der Waals surface area contributed by atoms with Gasteiger partial charge in [0.1, 0.15) is 0 Å². The lowest BCUT2D eigenvalue weighted by Gasteiger charge is -2.26. The monoisotopic (exact) mass is 304 g/mol. The van der Waals surface area contributed by atoms with E-state index in [4.69, 9.17) is 0 Å². The second-order valence-corrected chi connectivity index (χ2v) is 5.76. The lowest BCUT2D eigenvalue weighted by Crippen LogP contribution is -3.13.